The van der Waals surface area contributed by atoms with Crippen LogP contribution in [0.2, 0.25) is 0 Å². The Morgan fingerprint density at radius 2 is 2.08 bits per heavy atom. The lowest BCUT2D eigenvalue weighted by molar-refractivity contribution is -0.115. The first kappa shape index (κ1) is 19.0. The van der Waals surface area contributed by atoms with Crippen molar-refractivity contribution in [3.8, 4) is 6.07 Å². The number of aryl methyl sites for hydroxylation is 2. The highest BCUT2D eigenvalue weighted by Gasteiger charge is 2.09. The molecule has 0 saturated heterocycles. The molecule has 0 atom stereocenters. The molecule has 0 bridgehead atoms. The number of benzene rings is 1. The third kappa shape index (κ3) is 5.91. The smallest absolute Gasteiger partial charge is 0.225 e. The third-order valence-corrected chi connectivity index (χ3v) is 4.80. The lowest BCUT2D eigenvalue weighted by Crippen LogP contribution is -2.13. The summed E-state index contributed by atoms with van der Waals surface area (Å²) in [6.45, 7) is 4.11. The normalized spacial score (nSPS) is 10.3. The van der Waals surface area contributed by atoms with Gasteiger partial charge in [-0.2, -0.15) is 5.26 Å². The molecule has 0 spiro atoms. The molecule has 1 aromatic carbocycles. The van der Waals surface area contributed by atoms with Gasteiger partial charge in [0.15, 0.2) is 0 Å². The molecule has 5 heteroatoms. The topological polar surface area (TPSA) is 65.8 Å². The quantitative estimate of drug-likeness (QED) is 0.697. The molecule has 1 heterocycles. The highest BCUT2D eigenvalue weighted by atomic mass is 32.2. The largest absolute Gasteiger partial charge is 0.326 e. The zero-order valence-electron chi connectivity index (χ0n) is 14.7. The Labute approximate surface area is 153 Å². The van der Waals surface area contributed by atoms with Gasteiger partial charge in [0.25, 0.3) is 0 Å². The van der Waals surface area contributed by atoms with Crippen molar-refractivity contribution >= 4 is 23.4 Å². The van der Waals surface area contributed by atoms with E-state index in [1.807, 2.05) is 43.3 Å². The second kappa shape index (κ2) is 9.85. The van der Waals surface area contributed by atoms with Crippen LogP contribution in [0.15, 0.2) is 41.4 Å². The maximum atomic E-state index is 12.1. The van der Waals surface area contributed by atoms with Crippen molar-refractivity contribution in [1.82, 2.24) is 4.98 Å². The van der Waals surface area contributed by atoms with E-state index in [1.54, 1.807) is 0 Å². The summed E-state index contributed by atoms with van der Waals surface area (Å²) in [5, 5.41) is 12.9. The van der Waals surface area contributed by atoms with E-state index >= 15 is 0 Å². The molecule has 0 aliphatic rings. The predicted octanol–water partition coefficient (Wildman–Crippen LogP) is 4.73. The number of hydrogen-bond acceptors (Lipinski definition) is 4. The van der Waals surface area contributed by atoms with Crippen LogP contribution in [0.1, 0.15) is 43.0 Å². The van der Waals surface area contributed by atoms with E-state index in [9.17, 15) is 10.1 Å². The Kier molecular flexibility index (Phi) is 7.49. The Bertz CT molecular complexity index is 768. The molecule has 4 nitrogen and oxygen atoms in total. The first-order valence-electron chi connectivity index (χ1n) is 8.52. The number of nitrogens with zero attached hydrogens (tertiary/aromatic N) is 2. The van der Waals surface area contributed by atoms with E-state index in [4.69, 9.17) is 0 Å². The number of unbranched alkanes of at least 4 members (excludes halogenated alkanes) is 1. The van der Waals surface area contributed by atoms with Gasteiger partial charge in [-0.1, -0.05) is 31.5 Å². The van der Waals surface area contributed by atoms with Crippen LogP contribution in [0, 0.1) is 18.3 Å². The van der Waals surface area contributed by atoms with Crippen molar-refractivity contribution in [1.29, 1.82) is 5.26 Å². The first-order valence-corrected chi connectivity index (χ1v) is 9.51. The monoisotopic (exact) mass is 353 g/mol. The minimum absolute atomic E-state index is 0.0255. The van der Waals surface area contributed by atoms with E-state index in [0.29, 0.717) is 17.7 Å². The Hall–Kier alpha value is -2.32. The molecule has 0 unspecified atom stereocenters. The summed E-state index contributed by atoms with van der Waals surface area (Å²) in [6.07, 6.45) is 3.50. The van der Waals surface area contributed by atoms with Crippen molar-refractivity contribution in [3.63, 3.8) is 0 Å². The van der Waals surface area contributed by atoms with Gasteiger partial charge < -0.3 is 5.32 Å². The average molecular weight is 353 g/mol. The number of aromatic nitrogens is 1. The van der Waals surface area contributed by atoms with E-state index in [2.05, 4.69) is 23.3 Å². The van der Waals surface area contributed by atoms with E-state index in [1.165, 1.54) is 11.8 Å². The maximum absolute atomic E-state index is 12.1. The minimum Gasteiger partial charge on any atom is -0.326 e. The highest BCUT2D eigenvalue weighted by molar-refractivity contribution is 7.99. The van der Waals surface area contributed by atoms with Crippen LogP contribution >= 0.6 is 11.8 Å². The molecule has 1 amide bonds. The lowest BCUT2D eigenvalue weighted by Gasteiger charge is -2.09. The zero-order valence-corrected chi connectivity index (χ0v) is 15.5. The number of amides is 1. The number of thioether (sulfide) groups is 1. The molecule has 0 radical (unpaired) electrons. The Balaban J connectivity index is 1.91. The van der Waals surface area contributed by atoms with Crippen LogP contribution in [0.4, 0.5) is 5.69 Å². The van der Waals surface area contributed by atoms with Crippen molar-refractivity contribution in [2.24, 2.45) is 0 Å². The summed E-state index contributed by atoms with van der Waals surface area (Å²) in [5.41, 5.74) is 3.47. The molecule has 0 aliphatic carbocycles. The zero-order chi connectivity index (χ0) is 18.1. The number of nitriles is 1. The molecule has 2 rings (SSSR count). The van der Waals surface area contributed by atoms with Gasteiger partial charge in [-0.25, -0.2) is 4.98 Å². The summed E-state index contributed by atoms with van der Waals surface area (Å²) in [7, 11) is 0. The summed E-state index contributed by atoms with van der Waals surface area (Å²) < 4.78 is 0. The van der Waals surface area contributed by atoms with Crippen LogP contribution in [0.25, 0.3) is 0 Å². The van der Waals surface area contributed by atoms with E-state index < -0.39 is 0 Å². The summed E-state index contributed by atoms with van der Waals surface area (Å²) in [5.74, 6) is 0.568. The maximum Gasteiger partial charge on any atom is 0.225 e. The molecule has 1 N–H and O–H groups in total. The third-order valence-electron chi connectivity index (χ3n) is 3.81. The average Bonchev–Trinajstić information content (AvgIpc) is 2.62. The predicted molar refractivity (Wildman–Crippen MR) is 103 cm³/mol. The van der Waals surface area contributed by atoms with Gasteiger partial charge in [0, 0.05) is 23.6 Å². The molecule has 25 heavy (non-hydrogen) atoms. The number of anilines is 1. The molecular formula is C20H23N3OS. The van der Waals surface area contributed by atoms with Gasteiger partial charge in [-0.15, -0.1) is 11.8 Å². The SMILES string of the molecule is CCCCc1ccc(C#N)c(SCCC(=O)Nc2ccccc2C)n1. The van der Waals surface area contributed by atoms with Gasteiger partial charge in [0.2, 0.25) is 5.91 Å². The Morgan fingerprint density at radius 3 is 2.80 bits per heavy atom. The second-order valence-corrected chi connectivity index (χ2v) is 6.92. The van der Waals surface area contributed by atoms with E-state index in [0.717, 1.165) is 41.2 Å². The van der Waals surface area contributed by atoms with Gasteiger partial charge in [0.05, 0.1) is 5.56 Å². The van der Waals surface area contributed by atoms with Gasteiger partial charge in [0.1, 0.15) is 11.1 Å². The molecule has 1 aromatic heterocycles. The van der Waals surface area contributed by atoms with Crippen LogP contribution in [-0.4, -0.2) is 16.6 Å². The van der Waals surface area contributed by atoms with Gasteiger partial charge >= 0.3 is 0 Å². The minimum atomic E-state index is -0.0255. The van der Waals surface area contributed by atoms with Crippen molar-refractivity contribution in [3.05, 3.63) is 53.2 Å². The summed E-state index contributed by atoms with van der Waals surface area (Å²) >= 11 is 1.47. The van der Waals surface area contributed by atoms with Crippen molar-refractivity contribution in [2.75, 3.05) is 11.1 Å². The summed E-state index contributed by atoms with van der Waals surface area (Å²) in [6, 6.07) is 13.6. The molecular weight excluding hydrogens is 330 g/mol. The number of para-hydroxylation sites is 1. The Morgan fingerprint density at radius 1 is 1.28 bits per heavy atom. The lowest BCUT2D eigenvalue weighted by atomic mass is 10.2. The molecule has 130 valence electrons. The van der Waals surface area contributed by atoms with Crippen LogP contribution < -0.4 is 5.32 Å². The second-order valence-electron chi connectivity index (χ2n) is 5.83. The van der Waals surface area contributed by atoms with Gasteiger partial charge in [-0.05, 0) is 43.5 Å². The van der Waals surface area contributed by atoms with E-state index in [-0.39, 0.29) is 5.91 Å². The fourth-order valence-electron chi connectivity index (χ4n) is 2.34. The molecule has 0 fully saturated rings. The first-order chi connectivity index (χ1) is 12.1. The molecule has 0 saturated carbocycles. The molecule has 2 aromatic rings. The van der Waals surface area contributed by atoms with Crippen molar-refractivity contribution in [2.45, 2.75) is 44.6 Å². The molecule has 0 aliphatic heterocycles. The number of pyridine rings is 1. The van der Waals surface area contributed by atoms with Crippen LogP contribution in [0.3, 0.4) is 0 Å². The van der Waals surface area contributed by atoms with Crippen LogP contribution in [0.5, 0.6) is 0 Å². The summed E-state index contributed by atoms with van der Waals surface area (Å²) in [4.78, 5) is 16.7. The fourth-order valence-corrected chi connectivity index (χ4v) is 3.27. The number of carbonyl (C=O) groups is 1. The fraction of sp³-hybridized carbons (Fsp3) is 0.350. The number of hydrogen-bond donors (Lipinski definition) is 1. The standard InChI is InChI=1S/C20H23N3OS/c1-3-4-8-17-11-10-16(14-21)20(22-17)25-13-12-19(24)23-18-9-6-5-7-15(18)2/h5-7,9-11H,3-4,8,12-13H2,1-2H3,(H,23,24). The van der Waals surface area contributed by atoms with Gasteiger partial charge in [-0.3, -0.25) is 4.79 Å². The number of nitrogens with one attached hydrogen (secondary N) is 1. The van der Waals surface area contributed by atoms with Crippen LogP contribution in [-0.2, 0) is 11.2 Å². The number of carbonyl (C=O) groups excluding carboxylic acids is 1. The van der Waals surface area contributed by atoms with Crippen molar-refractivity contribution < 1.29 is 4.79 Å². The highest BCUT2D eigenvalue weighted by Crippen LogP contribution is 2.22. The number of rotatable bonds is 8.